The smallest absolute Gasteiger partial charge is 0.373 e. The fourth-order valence-corrected chi connectivity index (χ4v) is 2.89. The summed E-state index contributed by atoms with van der Waals surface area (Å²) in [4.78, 5) is 12.1. The Morgan fingerprint density at radius 3 is 2.70 bits per heavy atom. The van der Waals surface area contributed by atoms with Gasteiger partial charge in [0, 0.05) is 19.1 Å². The predicted molar refractivity (Wildman–Crippen MR) is 88.5 cm³/mol. The van der Waals surface area contributed by atoms with Crippen molar-refractivity contribution in [3.8, 4) is 0 Å². The molecule has 0 aromatic heterocycles. The summed E-state index contributed by atoms with van der Waals surface area (Å²) in [7, 11) is 0. The number of allylic oxidation sites excluding steroid dienone is 1. The quantitative estimate of drug-likeness (QED) is 0.548. The Bertz CT molecular complexity index is 422. The molecule has 0 spiro atoms. The van der Waals surface area contributed by atoms with Crippen LogP contribution in [0.25, 0.3) is 0 Å². The third-order valence-corrected chi connectivity index (χ3v) is 3.94. The number of ether oxygens (including phenoxy) is 3. The highest BCUT2D eigenvalue weighted by atomic mass is 16.7. The monoisotopic (exact) mass is 326 g/mol. The maximum absolute atomic E-state index is 12.1. The van der Waals surface area contributed by atoms with Gasteiger partial charge in [-0.05, 0) is 37.2 Å². The van der Waals surface area contributed by atoms with Crippen molar-refractivity contribution in [1.29, 1.82) is 0 Å². The zero-order valence-corrected chi connectivity index (χ0v) is 14.7. The lowest BCUT2D eigenvalue weighted by Crippen LogP contribution is -2.42. The average Bonchev–Trinajstić information content (AvgIpc) is 2.50. The SMILES string of the molecule is C=CCOC(=O)C1=C[C@@H](C(C)(C)C)[C@@H](CCCO)[C@@H](OCC)O1. The van der Waals surface area contributed by atoms with E-state index in [9.17, 15) is 4.79 Å². The van der Waals surface area contributed by atoms with Gasteiger partial charge in [0.2, 0.25) is 12.0 Å². The summed E-state index contributed by atoms with van der Waals surface area (Å²) in [5, 5.41) is 9.16. The van der Waals surface area contributed by atoms with E-state index in [4.69, 9.17) is 19.3 Å². The Morgan fingerprint density at radius 2 is 2.17 bits per heavy atom. The summed E-state index contributed by atoms with van der Waals surface area (Å²) in [6, 6.07) is 0. The molecule has 0 aliphatic carbocycles. The molecule has 132 valence electrons. The normalized spacial score (nSPS) is 24.6. The van der Waals surface area contributed by atoms with Crippen LogP contribution in [0.2, 0.25) is 0 Å². The summed E-state index contributed by atoms with van der Waals surface area (Å²) >= 11 is 0. The number of aliphatic hydroxyl groups excluding tert-OH is 1. The molecule has 0 amide bonds. The van der Waals surface area contributed by atoms with Crippen LogP contribution in [-0.4, -0.2) is 37.2 Å². The Balaban J connectivity index is 3.07. The van der Waals surface area contributed by atoms with Crippen molar-refractivity contribution in [2.75, 3.05) is 19.8 Å². The van der Waals surface area contributed by atoms with E-state index in [-0.39, 0.29) is 36.2 Å². The fraction of sp³-hybridized carbons (Fsp3) is 0.722. The van der Waals surface area contributed by atoms with Crippen LogP contribution in [0.5, 0.6) is 0 Å². The second-order valence-corrected chi connectivity index (χ2v) is 6.78. The largest absolute Gasteiger partial charge is 0.457 e. The first-order valence-corrected chi connectivity index (χ1v) is 8.24. The van der Waals surface area contributed by atoms with Gasteiger partial charge in [-0.15, -0.1) is 0 Å². The first kappa shape index (κ1) is 19.7. The summed E-state index contributed by atoms with van der Waals surface area (Å²) in [6.45, 7) is 12.6. The van der Waals surface area contributed by atoms with Crippen molar-refractivity contribution >= 4 is 5.97 Å². The molecule has 0 aromatic rings. The van der Waals surface area contributed by atoms with Gasteiger partial charge in [-0.2, -0.15) is 0 Å². The highest BCUT2D eigenvalue weighted by Crippen LogP contribution is 2.42. The molecule has 1 N–H and O–H groups in total. The van der Waals surface area contributed by atoms with Crippen LogP contribution in [0.1, 0.15) is 40.5 Å². The number of hydrogen-bond acceptors (Lipinski definition) is 5. The molecule has 1 rings (SSSR count). The molecule has 1 aliphatic heterocycles. The predicted octanol–water partition coefficient (Wildman–Crippen LogP) is 3.04. The standard InChI is InChI=1S/C18H30O5/c1-6-11-22-16(20)15-12-14(18(3,4)5)13(9-8-10-19)17(23-15)21-7-2/h6,12-14,17,19H,1,7-11H2,2-5H3/t13-,14-,17+/m1/s1. The van der Waals surface area contributed by atoms with Gasteiger partial charge in [0.1, 0.15) is 6.61 Å². The van der Waals surface area contributed by atoms with Gasteiger partial charge in [-0.3, -0.25) is 0 Å². The molecule has 0 radical (unpaired) electrons. The number of hydrogen-bond donors (Lipinski definition) is 1. The molecule has 23 heavy (non-hydrogen) atoms. The lowest BCUT2D eigenvalue weighted by molar-refractivity contribution is -0.186. The van der Waals surface area contributed by atoms with E-state index in [1.54, 1.807) is 0 Å². The van der Waals surface area contributed by atoms with Crippen LogP contribution < -0.4 is 0 Å². The zero-order valence-electron chi connectivity index (χ0n) is 14.7. The molecule has 0 saturated carbocycles. The van der Waals surface area contributed by atoms with Crippen molar-refractivity contribution in [3.63, 3.8) is 0 Å². The molecule has 3 atom stereocenters. The van der Waals surface area contributed by atoms with Crippen LogP contribution in [0.3, 0.4) is 0 Å². The highest BCUT2D eigenvalue weighted by molar-refractivity contribution is 5.86. The van der Waals surface area contributed by atoms with Crippen molar-refractivity contribution in [3.05, 3.63) is 24.5 Å². The van der Waals surface area contributed by atoms with Crippen LogP contribution in [-0.2, 0) is 19.0 Å². The third kappa shape index (κ3) is 5.66. The minimum Gasteiger partial charge on any atom is -0.457 e. The van der Waals surface area contributed by atoms with Gasteiger partial charge in [0.15, 0.2) is 0 Å². The minimum atomic E-state index is -0.507. The first-order chi connectivity index (χ1) is 10.8. The summed E-state index contributed by atoms with van der Waals surface area (Å²) in [5.74, 6) is -0.126. The van der Waals surface area contributed by atoms with Crippen molar-refractivity contribution < 1.29 is 24.1 Å². The van der Waals surface area contributed by atoms with Gasteiger partial charge in [0.25, 0.3) is 0 Å². The first-order valence-electron chi connectivity index (χ1n) is 8.24. The third-order valence-electron chi connectivity index (χ3n) is 3.94. The second kappa shape index (κ2) is 9.08. The highest BCUT2D eigenvalue weighted by Gasteiger charge is 2.42. The van der Waals surface area contributed by atoms with E-state index in [0.29, 0.717) is 13.0 Å². The van der Waals surface area contributed by atoms with Gasteiger partial charge < -0.3 is 19.3 Å². The van der Waals surface area contributed by atoms with Crippen molar-refractivity contribution in [2.24, 2.45) is 17.3 Å². The number of rotatable bonds is 8. The molecular formula is C18H30O5. The van der Waals surface area contributed by atoms with Crippen LogP contribution >= 0.6 is 0 Å². The number of carbonyl (C=O) groups excluding carboxylic acids is 1. The summed E-state index contributed by atoms with van der Waals surface area (Å²) < 4.78 is 16.6. The molecule has 5 heteroatoms. The molecule has 0 unspecified atom stereocenters. The van der Waals surface area contributed by atoms with Gasteiger partial charge in [-0.25, -0.2) is 4.79 Å². The topological polar surface area (TPSA) is 65.0 Å². The van der Waals surface area contributed by atoms with Gasteiger partial charge in [-0.1, -0.05) is 33.4 Å². The molecule has 5 nitrogen and oxygen atoms in total. The molecule has 1 aliphatic rings. The Labute approximate surface area is 139 Å². The molecule has 0 saturated heterocycles. The maximum atomic E-state index is 12.1. The number of aliphatic hydroxyl groups is 1. The fourth-order valence-electron chi connectivity index (χ4n) is 2.89. The van der Waals surface area contributed by atoms with E-state index in [1.807, 2.05) is 13.0 Å². The maximum Gasteiger partial charge on any atom is 0.373 e. The van der Waals surface area contributed by atoms with E-state index >= 15 is 0 Å². The van der Waals surface area contributed by atoms with Gasteiger partial charge >= 0.3 is 5.97 Å². The summed E-state index contributed by atoms with van der Waals surface area (Å²) in [5.41, 5.74) is -0.0662. The molecule has 1 heterocycles. The van der Waals surface area contributed by atoms with E-state index < -0.39 is 12.3 Å². The van der Waals surface area contributed by atoms with E-state index in [0.717, 1.165) is 6.42 Å². The van der Waals surface area contributed by atoms with Crippen LogP contribution in [0.15, 0.2) is 24.5 Å². The second-order valence-electron chi connectivity index (χ2n) is 6.78. The Hall–Kier alpha value is -1.33. The molecule has 0 bridgehead atoms. The Kier molecular flexibility index (Phi) is 7.79. The van der Waals surface area contributed by atoms with Crippen LogP contribution in [0.4, 0.5) is 0 Å². The molecule has 0 fully saturated rings. The molecule has 0 aromatic carbocycles. The Morgan fingerprint density at radius 1 is 1.48 bits per heavy atom. The average molecular weight is 326 g/mol. The van der Waals surface area contributed by atoms with E-state index in [2.05, 4.69) is 27.4 Å². The molecular weight excluding hydrogens is 296 g/mol. The van der Waals surface area contributed by atoms with Crippen molar-refractivity contribution in [2.45, 2.75) is 46.8 Å². The van der Waals surface area contributed by atoms with Crippen molar-refractivity contribution in [1.82, 2.24) is 0 Å². The zero-order chi connectivity index (χ0) is 17.5. The van der Waals surface area contributed by atoms with Crippen LogP contribution in [0, 0.1) is 17.3 Å². The lowest BCUT2D eigenvalue weighted by atomic mass is 9.70. The number of carbonyl (C=O) groups is 1. The van der Waals surface area contributed by atoms with Gasteiger partial charge in [0.05, 0.1) is 0 Å². The van der Waals surface area contributed by atoms with E-state index in [1.165, 1.54) is 6.08 Å². The minimum absolute atomic E-state index is 0.0662. The lowest BCUT2D eigenvalue weighted by Gasteiger charge is -2.42. The summed E-state index contributed by atoms with van der Waals surface area (Å²) in [6.07, 6.45) is 4.31. The number of esters is 1.